The number of fused-ring (bicyclic) bond motifs is 1. The predicted octanol–water partition coefficient (Wildman–Crippen LogP) is 4.57. The number of ether oxygens (including phenoxy) is 1. The average Bonchev–Trinajstić information content (AvgIpc) is 2.92. The van der Waals surface area contributed by atoms with Gasteiger partial charge in [-0.3, -0.25) is 14.5 Å². The molecule has 0 radical (unpaired) electrons. The fourth-order valence-corrected chi connectivity index (χ4v) is 4.66. The molecule has 35 heavy (non-hydrogen) atoms. The van der Waals surface area contributed by atoms with Crippen LogP contribution in [0.3, 0.4) is 0 Å². The molecule has 1 saturated heterocycles. The van der Waals surface area contributed by atoms with Gasteiger partial charge in [0.2, 0.25) is 0 Å². The lowest BCUT2D eigenvalue weighted by Gasteiger charge is -2.35. The molecule has 0 bridgehead atoms. The number of carbonyl (C=O) groups excluding carboxylic acids is 1. The molecule has 6 heteroatoms. The van der Waals surface area contributed by atoms with E-state index >= 15 is 0 Å². The number of para-hydroxylation sites is 1. The maximum Gasteiger partial charge on any atom is 0.255 e. The van der Waals surface area contributed by atoms with Crippen molar-refractivity contribution in [3.63, 3.8) is 0 Å². The fourth-order valence-electron chi connectivity index (χ4n) is 4.66. The summed E-state index contributed by atoms with van der Waals surface area (Å²) in [6, 6.07) is 24.8. The van der Waals surface area contributed by atoms with E-state index in [1.54, 1.807) is 25.1 Å². The van der Waals surface area contributed by atoms with E-state index in [0.29, 0.717) is 47.6 Å². The molecule has 1 amide bonds. The molecule has 1 fully saturated rings. The number of hydrogen-bond donors (Lipinski definition) is 1. The second kappa shape index (κ2) is 10.3. The predicted molar refractivity (Wildman–Crippen MR) is 137 cm³/mol. The van der Waals surface area contributed by atoms with Crippen molar-refractivity contribution in [3.8, 4) is 11.3 Å². The van der Waals surface area contributed by atoms with E-state index in [2.05, 4.69) is 22.3 Å². The van der Waals surface area contributed by atoms with Gasteiger partial charge in [-0.15, -0.1) is 0 Å². The Morgan fingerprint density at radius 1 is 0.943 bits per heavy atom. The van der Waals surface area contributed by atoms with Gasteiger partial charge < -0.3 is 14.5 Å². The zero-order valence-corrected chi connectivity index (χ0v) is 19.7. The molecular weight excluding hydrogens is 440 g/mol. The molecule has 1 atom stereocenters. The first kappa shape index (κ1) is 23.0. The zero-order chi connectivity index (χ0) is 24.2. The van der Waals surface area contributed by atoms with Crippen LogP contribution in [0, 0.1) is 6.92 Å². The molecule has 3 aromatic carbocycles. The molecule has 0 aliphatic carbocycles. The van der Waals surface area contributed by atoms with Crippen LogP contribution in [0.1, 0.15) is 27.5 Å². The highest BCUT2D eigenvalue weighted by molar-refractivity contribution is 6.05. The lowest BCUT2D eigenvalue weighted by atomic mass is 10.0. The molecule has 5 rings (SSSR count). The van der Waals surface area contributed by atoms with Crippen LogP contribution in [0.15, 0.2) is 88.1 Å². The minimum absolute atomic E-state index is 0.0214. The Labute approximate surface area is 204 Å². The van der Waals surface area contributed by atoms with Gasteiger partial charge in [0.05, 0.1) is 30.2 Å². The minimum atomic E-state index is -0.268. The summed E-state index contributed by atoms with van der Waals surface area (Å²) in [5, 5.41) is 3.50. The van der Waals surface area contributed by atoms with E-state index in [-0.39, 0.29) is 17.4 Å². The van der Waals surface area contributed by atoms with Gasteiger partial charge in [0, 0.05) is 30.8 Å². The number of amides is 1. The fraction of sp³-hybridized carbons (Fsp3) is 0.241. The molecule has 0 spiro atoms. The van der Waals surface area contributed by atoms with Crippen LogP contribution in [-0.2, 0) is 4.74 Å². The third-order valence-corrected chi connectivity index (χ3v) is 6.55. The maximum absolute atomic E-state index is 13.4. The topological polar surface area (TPSA) is 71.8 Å². The van der Waals surface area contributed by atoms with E-state index in [4.69, 9.17) is 9.15 Å². The largest absolute Gasteiger partial charge is 0.455 e. The summed E-state index contributed by atoms with van der Waals surface area (Å²) in [7, 11) is 0. The average molecular weight is 469 g/mol. The van der Waals surface area contributed by atoms with E-state index in [9.17, 15) is 9.59 Å². The van der Waals surface area contributed by atoms with Gasteiger partial charge in [0.25, 0.3) is 5.91 Å². The second-order valence-corrected chi connectivity index (χ2v) is 8.72. The summed E-state index contributed by atoms with van der Waals surface area (Å²) in [5.41, 5.74) is 3.00. The van der Waals surface area contributed by atoms with Crippen molar-refractivity contribution in [2.24, 2.45) is 0 Å². The third-order valence-electron chi connectivity index (χ3n) is 6.55. The monoisotopic (exact) mass is 468 g/mol. The Kier molecular flexibility index (Phi) is 6.75. The number of nitrogens with one attached hydrogen (secondary N) is 1. The van der Waals surface area contributed by atoms with Crippen LogP contribution < -0.4 is 10.7 Å². The van der Waals surface area contributed by atoms with Crippen molar-refractivity contribution in [2.45, 2.75) is 13.0 Å². The van der Waals surface area contributed by atoms with Crippen LogP contribution in [0.4, 0.5) is 0 Å². The lowest BCUT2D eigenvalue weighted by Crippen LogP contribution is -2.43. The quantitative estimate of drug-likeness (QED) is 0.449. The summed E-state index contributed by atoms with van der Waals surface area (Å²) >= 11 is 0. The molecule has 1 N–H and O–H groups in total. The number of rotatable bonds is 6. The Bertz CT molecular complexity index is 1380. The molecule has 1 aliphatic heterocycles. The van der Waals surface area contributed by atoms with Gasteiger partial charge >= 0.3 is 0 Å². The van der Waals surface area contributed by atoms with E-state index in [1.165, 1.54) is 0 Å². The molecule has 0 saturated carbocycles. The van der Waals surface area contributed by atoms with E-state index < -0.39 is 0 Å². The number of nitrogens with zero attached hydrogens (tertiary/aromatic N) is 1. The molecule has 4 aromatic rings. The van der Waals surface area contributed by atoms with Crippen molar-refractivity contribution >= 4 is 16.9 Å². The van der Waals surface area contributed by atoms with Crippen LogP contribution in [0.25, 0.3) is 22.3 Å². The maximum atomic E-state index is 13.4. The third kappa shape index (κ3) is 4.76. The summed E-state index contributed by atoms with van der Waals surface area (Å²) in [6.07, 6.45) is 0. The van der Waals surface area contributed by atoms with Gasteiger partial charge in [-0.05, 0) is 24.6 Å². The van der Waals surface area contributed by atoms with Gasteiger partial charge in [0.15, 0.2) is 11.0 Å². The van der Waals surface area contributed by atoms with Crippen LogP contribution >= 0.6 is 0 Å². The van der Waals surface area contributed by atoms with Gasteiger partial charge in [0.1, 0.15) is 5.76 Å². The summed E-state index contributed by atoms with van der Waals surface area (Å²) in [6.45, 7) is 5.14. The van der Waals surface area contributed by atoms with Crippen molar-refractivity contribution in [3.05, 3.63) is 106 Å². The van der Waals surface area contributed by atoms with Crippen LogP contribution in [0.2, 0.25) is 0 Å². The SMILES string of the molecule is Cc1c(-c2ccccc2)oc2c(C(=O)NCC(c3ccccc3)N3CCOCC3)cccc2c1=O. The van der Waals surface area contributed by atoms with Crippen molar-refractivity contribution in [2.75, 3.05) is 32.8 Å². The molecule has 2 heterocycles. The highest BCUT2D eigenvalue weighted by Gasteiger charge is 2.24. The van der Waals surface area contributed by atoms with Crippen LogP contribution in [-0.4, -0.2) is 43.7 Å². The summed E-state index contributed by atoms with van der Waals surface area (Å²) in [4.78, 5) is 28.9. The summed E-state index contributed by atoms with van der Waals surface area (Å²) in [5.74, 6) is 0.217. The van der Waals surface area contributed by atoms with Gasteiger partial charge in [-0.25, -0.2) is 0 Å². The first-order chi connectivity index (χ1) is 17.1. The van der Waals surface area contributed by atoms with Gasteiger partial charge in [-0.1, -0.05) is 66.7 Å². The molecular formula is C29H28N2O4. The zero-order valence-electron chi connectivity index (χ0n) is 19.7. The number of hydrogen-bond acceptors (Lipinski definition) is 5. The highest BCUT2D eigenvalue weighted by atomic mass is 16.5. The molecule has 178 valence electrons. The Balaban J connectivity index is 1.47. The second-order valence-electron chi connectivity index (χ2n) is 8.72. The molecule has 1 unspecified atom stereocenters. The lowest BCUT2D eigenvalue weighted by molar-refractivity contribution is 0.0162. The minimum Gasteiger partial charge on any atom is -0.455 e. The van der Waals surface area contributed by atoms with E-state index in [1.807, 2.05) is 48.5 Å². The number of carbonyl (C=O) groups is 1. The molecule has 1 aromatic heterocycles. The van der Waals surface area contributed by atoms with Crippen LogP contribution in [0.5, 0.6) is 0 Å². The Hall–Kier alpha value is -3.74. The standard InChI is InChI=1S/C29H28N2O4/c1-20-26(32)23-13-8-14-24(28(23)35-27(20)22-11-6-3-7-12-22)29(33)30-19-25(21-9-4-2-5-10-21)31-15-17-34-18-16-31/h2-14,25H,15-19H2,1H3,(H,30,33). The van der Waals surface area contributed by atoms with Crippen molar-refractivity contribution in [1.82, 2.24) is 10.2 Å². The Morgan fingerprint density at radius 3 is 2.34 bits per heavy atom. The normalized spacial score (nSPS) is 15.1. The molecule has 1 aliphatic rings. The first-order valence-corrected chi connectivity index (χ1v) is 11.9. The van der Waals surface area contributed by atoms with E-state index in [0.717, 1.165) is 24.2 Å². The smallest absolute Gasteiger partial charge is 0.255 e. The highest BCUT2D eigenvalue weighted by Crippen LogP contribution is 2.27. The first-order valence-electron chi connectivity index (χ1n) is 11.9. The van der Waals surface area contributed by atoms with Crippen molar-refractivity contribution in [1.29, 1.82) is 0 Å². The Morgan fingerprint density at radius 2 is 1.63 bits per heavy atom. The summed E-state index contributed by atoms with van der Waals surface area (Å²) < 4.78 is 11.8. The van der Waals surface area contributed by atoms with Crippen molar-refractivity contribution < 1.29 is 13.9 Å². The number of morpholine rings is 1. The van der Waals surface area contributed by atoms with Gasteiger partial charge in [-0.2, -0.15) is 0 Å². The number of benzene rings is 3. The molecule has 6 nitrogen and oxygen atoms in total.